The molecule has 0 bridgehead atoms. The molecule has 3 rings (SSSR count). The van der Waals surface area contributed by atoms with Gasteiger partial charge in [0.2, 0.25) is 0 Å². The first-order chi connectivity index (χ1) is 25.6. The zero-order valence-corrected chi connectivity index (χ0v) is 30.1. The molecule has 1 atom stereocenters. The number of hydrogen-bond acceptors (Lipinski definition) is 8. The van der Waals surface area contributed by atoms with Crippen LogP contribution >= 0.6 is 0 Å². The number of carbonyl (C=O) groups is 2. The van der Waals surface area contributed by atoms with Crippen molar-refractivity contribution in [1.29, 1.82) is 0 Å². The SMILES string of the molecule is COc1ccc(C(OC(O)COCC(CCCN)(CCCNC(=O)C(F)(F)F)CCCNC(=O)C(F)(F)F)(c2ccccc2)c2ccc(OC)cc2)cc1. The van der Waals surface area contributed by atoms with Crippen LogP contribution in [0, 0.1) is 5.41 Å². The fraction of sp³-hybridized carbons (Fsp3) is 0.474. The van der Waals surface area contributed by atoms with Gasteiger partial charge in [0.15, 0.2) is 6.29 Å². The summed E-state index contributed by atoms with van der Waals surface area (Å²) in [5, 5.41) is 15.2. The van der Waals surface area contributed by atoms with E-state index in [1.54, 1.807) is 48.5 Å². The molecule has 0 aromatic heterocycles. The lowest BCUT2D eigenvalue weighted by Gasteiger charge is -2.38. The van der Waals surface area contributed by atoms with Crippen molar-refractivity contribution in [3.05, 3.63) is 95.6 Å². The lowest BCUT2D eigenvalue weighted by atomic mass is 9.75. The minimum absolute atomic E-state index is 0.0653. The van der Waals surface area contributed by atoms with E-state index in [-0.39, 0.29) is 58.5 Å². The van der Waals surface area contributed by atoms with Gasteiger partial charge in [-0.2, -0.15) is 26.3 Å². The first-order valence-electron chi connectivity index (χ1n) is 17.3. The maximum absolute atomic E-state index is 12.8. The molecule has 3 aromatic rings. The second-order valence-electron chi connectivity index (χ2n) is 12.7. The summed E-state index contributed by atoms with van der Waals surface area (Å²) < 4.78 is 100. The molecule has 54 heavy (non-hydrogen) atoms. The predicted molar refractivity (Wildman–Crippen MR) is 188 cm³/mol. The highest BCUT2D eigenvalue weighted by molar-refractivity contribution is 5.81. The van der Waals surface area contributed by atoms with Crippen LogP contribution in [0.15, 0.2) is 78.9 Å². The molecule has 0 saturated carbocycles. The second kappa shape index (κ2) is 20.3. The third-order valence-electron chi connectivity index (χ3n) is 8.92. The Labute approximate surface area is 310 Å². The molecule has 298 valence electrons. The fourth-order valence-corrected chi connectivity index (χ4v) is 6.24. The smallest absolute Gasteiger partial charge is 0.471 e. The molecule has 0 aliphatic carbocycles. The quantitative estimate of drug-likeness (QED) is 0.0423. The third-order valence-corrected chi connectivity index (χ3v) is 8.92. The van der Waals surface area contributed by atoms with Crippen LogP contribution in [0.5, 0.6) is 11.5 Å². The van der Waals surface area contributed by atoms with Crippen molar-refractivity contribution in [1.82, 2.24) is 10.6 Å². The van der Waals surface area contributed by atoms with E-state index in [0.717, 1.165) is 0 Å². The Bertz CT molecular complexity index is 1490. The van der Waals surface area contributed by atoms with Gasteiger partial charge in [0.25, 0.3) is 0 Å². The van der Waals surface area contributed by atoms with Gasteiger partial charge in [-0.25, -0.2) is 0 Å². The number of methoxy groups -OCH3 is 2. The van der Waals surface area contributed by atoms with E-state index in [4.69, 9.17) is 24.7 Å². The van der Waals surface area contributed by atoms with Gasteiger partial charge in [0, 0.05) is 13.1 Å². The number of carbonyl (C=O) groups excluding carboxylic acids is 2. The number of hydrogen-bond donors (Lipinski definition) is 4. The third kappa shape index (κ3) is 12.6. The number of amides is 2. The number of aliphatic hydroxyl groups excluding tert-OH is 1. The summed E-state index contributed by atoms with van der Waals surface area (Å²) in [7, 11) is 3.07. The molecule has 16 heteroatoms. The average molecular weight is 772 g/mol. The van der Waals surface area contributed by atoms with Crippen LogP contribution in [0.4, 0.5) is 26.3 Å². The van der Waals surface area contributed by atoms with Crippen LogP contribution in [0.3, 0.4) is 0 Å². The predicted octanol–water partition coefficient (Wildman–Crippen LogP) is 5.99. The molecule has 0 saturated heterocycles. The van der Waals surface area contributed by atoms with Crippen molar-refractivity contribution in [3.8, 4) is 11.5 Å². The van der Waals surface area contributed by atoms with E-state index in [2.05, 4.69) is 0 Å². The molecule has 0 fully saturated rings. The lowest BCUT2D eigenvalue weighted by Crippen LogP contribution is -2.40. The highest BCUT2D eigenvalue weighted by atomic mass is 19.4. The highest BCUT2D eigenvalue weighted by Gasteiger charge is 2.41. The summed E-state index contributed by atoms with van der Waals surface area (Å²) >= 11 is 0. The van der Waals surface area contributed by atoms with Gasteiger partial charge in [0.05, 0.1) is 27.4 Å². The molecule has 0 aliphatic rings. The Balaban J connectivity index is 1.90. The van der Waals surface area contributed by atoms with E-state index in [1.165, 1.54) is 14.2 Å². The number of alkyl halides is 6. The van der Waals surface area contributed by atoms with Crippen molar-refractivity contribution >= 4 is 11.8 Å². The standard InChI is InChI=1S/C38H47F6N3O7/c1-51-30-15-11-28(12-16-30)36(27-9-4-3-5-10-27,29-13-17-31(52-2)18-14-29)54-32(48)25-53-26-35(19-6-22-45,20-7-23-46-33(49)37(39,40)41)21-8-24-47-34(50)38(42,43)44/h3-5,9-18,32,48H,6-8,19-26,45H2,1-2H3,(H,46,49)(H,47,50). The Morgan fingerprint density at radius 1 is 0.685 bits per heavy atom. The molecule has 5 N–H and O–H groups in total. The first-order valence-corrected chi connectivity index (χ1v) is 17.3. The van der Waals surface area contributed by atoms with Crippen LogP contribution in [-0.4, -0.2) is 82.6 Å². The number of ether oxygens (including phenoxy) is 4. The summed E-state index contributed by atoms with van der Waals surface area (Å²) in [5.41, 5.74) is 5.46. The van der Waals surface area contributed by atoms with Crippen molar-refractivity contribution in [2.45, 2.75) is 62.8 Å². The molecule has 3 aromatic carbocycles. The van der Waals surface area contributed by atoms with Crippen LogP contribution in [0.2, 0.25) is 0 Å². The Morgan fingerprint density at radius 3 is 1.52 bits per heavy atom. The van der Waals surface area contributed by atoms with Crippen molar-refractivity contribution in [3.63, 3.8) is 0 Å². The number of nitrogens with two attached hydrogens (primary N) is 1. The largest absolute Gasteiger partial charge is 0.497 e. The molecule has 0 radical (unpaired) electrons. The Hall–Kier alpha value is -4.38. The van der Waals surface area contributed by atoms with Gasteiger partial charge < -0.3 is 40.4 Å². The normalized spacial score (nSPS) is 12.9. The summed E-state index contributed by atoms with van der Waals surface area (Å²) in [6.07, 6.45) is -10.4. The van der Waals surface area contributed by atoms with Gasteiger partial charge in [-0.05, 0) is 91.4 Å². The van der Waals surface area contributed by atoms with E-state index in [1.807, 2.05) is 41.0 Å². The van der Waals surface area contributed by atoms with Crippen molar-refractivity contribution < 1.29 is 60.0 Å². The molecule has 0 spiro atoms. The maximum Gasteiger partial charge on any atom is 0.471 e. The van der Waals surface area contributed by atoms with Gasteiger partial charge in [-0.1, -0.05) is 54.6 Å². The van der Waals surface area contributed by atoms with Gasteiger partial charge in [-0.15, -0.1) is 0 Å². The minimum Gasteiger partial charge on any atom is -0.497 e. The topological polar surface area (TPSA) is 141 Å². The number of halogens is 6. The summed E-state index contributed by atoms with van der Waals surface area (Å²) in [6.45, 7) is -0.921. The summed E-state index contributed by atoms with van der Waals surface area (Å²) in [6, 6.07) is 23.4. The van der Waals surface area contributed by atoms with E-state index >= 15 is 0 Å². The zero-order chi connectivity index (χ0) is 39.8. The molecular formula is C38H47F6N3O7. The number of aliphatic hydroxyl groups is 1. The molecule has 0 aliphatic heterocycles. The monoisotopic (exact) mass is 771 g/mol. The van der Waals surface area contributed by atoms with E-state index in [0.29, 0.717) is 41.0 Å². The summed E-state index contributed by atoms with van der Waals surface area (Å²) in [5.74, 6) is -3.03. The Morgan fingerprint density at radius 2 is 1.11 bits per heavy atom. The molecular weight excluding hydrogens is 724 g/mol. The van der Waals surface area contributed by atoms with Gasteiger partial charge >= 0.3 is 24.2 Å². The average Bonchev–Trinajstić information content (AvgIpc) is 3.15. The van der Waals surface area contributed by atoms with Crippen LogP contribution in [0.1, 0.15) is 55.2 Å². The molecule has 1 unspecified atom stereocenters. The summed E-state index contributed by atoms with van der Waals surface area (Å²) in [4.78, 5) is 22.8. The van der Waals surface area contributed by atoms with E-state index < -0.39 is 41.5 Å². The van der Waals surface area contributed by atoms with Crippen LogP contribution in [-0.2, 0) is 24.7 Å². The van der Waals surface area contributed by atoms with E-state index in [9.17, 15) is 41.0 Å². The molecule has 0 heterocycles. The van der Waals surface area contributed by atoms with Crippen molar-refractivity contribution in [2.75, 3.05) is 47.1 Å². The lowest BCUT2D eigenvalue weighted by molar-refractivity contribution is -0.190. The van der Waals surface area contributed by atoms with Gasteiger partial charge in [-0.3, -0.25) is 9.59 Å². The maximum atomic E-state index is 12.8. The van der Waals surface area contributed by atoms with Gasteiger partial charge in [0.1, 0.15) is 17.1 Å². The molecule has 2 amide bonds. The van der Waals surface area contributed by atoms with Crippen molar-refractivity contribution in [2.24, 2.45) is 11.1 Å². The number of benzene rings is 3. The molecule has 10 nitrogen and oxygen atoms in total. The number of rotatable bonds is 22. The van der Waals surface area contributed by atoms with Crippen LogP contribution < -0.4 is 25.8 Å². The fourth-order valence-electron chi connectivity index (χ4n) is 6.24. The zero-order valence-electron chi connectivity index (χ0n) is 30.1. The Kier molecular flexibility index (Phi) is 16.6. The first kappa shape index (κ1) is 44.0. The second-order valence-corrected chi connectivity index (χ2v) is 12.7. The van der Waals surface area contributed by atoms with Crippen LogP contribution in [0.25, 0.3) is 0 Å². The highest BCUT2D eigenvalue weighted by Crippen LogP contribution is 2.43. The minimum atomic E-state index is -5.07. The number of nitrogens with one attached hydrogen (secondary N) is 2.